The van der Waals surface area contributed by atoms with Crippen LogP contribution in [0.2, 0.25) is 0 Å². The summed E-state index contributed by atoms with van der Waals surface area (Å²) in [5.41, 5.74) is 0.687. The van der Waals surface area contributed by atoms with Crippen LogP contribution in [0.15, 0.2) is 28.8 Å². The molecule has 1 saturated heterocycles. The Labute approximate surface area is 152 Å². The molecule has 1 aromatic heterocycles. The zero-order chi connectivity index (χ0) is 18.4. The Balaban J connectivity index is 1.43. The quantitative estimate of drug-likeness (QED) is 0.782. The van der Waals surface area contributed by atoms with Crippen molar-refractivity contribution in [1.29, 1.82) is 0 Å². The summed E-state index contributed by atoms with van der Waals surface area (Å²) in [7, 11) is 0. The zero-order valence-electron chi connectivity index (χ0n) is 15.1. The Morgan fingerprint density at radius 3 is 2.73 bits per heavy atom. The van der Waals surface area contributed by atoms with E-state index in [4.69, 9.17) is 4.52 Å². The first-order valence-electron chi connectivity index (χ1n) is 9.35. The average molecular weight is 361 g/mol. The highest BCUT2D eigenvalue weighted by Gasteiger charge is 2.22. The molecule has 0 saturated carbocycles. The number of carbonyl (C=O) groups is 1. The standard InChI is InChI=1S/C19H25FN4O2/c1-2-11-24-12-9-16(10-13-24)21-17(25)7-8-18-22-19(23-26-18)14-3-5-15(20)6-4-14/h3-6,16H,2,7-13H2,1H3,(H,21,25)/p+1. The van der Waals surface area contributed by atoms with Gasteiger partial charge in [-0.3, -0.25) is 4.79 Å². The van der Waals surface area contributed by atoms with E-state index in [0.717, 1.165) is 25.9 Å². The lowest BCUT2D eigenvalue weighted by molar-refractivity contribution is -0.905. The maximum atomic E-state index is 13.0. The molecule has 6 nitrogen and oxygen atoms in total. The minimum Gasteiger partial charge on any atom is -0.353 e. The van der Waals surface area contributed by atoms with E-state index in [1.165, 1.54) is 25.1 Å². The van der Waals surface area contributed by atoms with Crippen LogP contribution in [0.1, 0.15) is 38.5 Å². The number of piperidine rings is 1. The number of quaternary nitrogens is 1. The fourth-order valence-corrected chi connectivity index (χ4v) is 3.37. The van der Waals surface area contributed by atoms with Crippen LogP contribution < -0.4 is 10.2 Å². The van der Waals surface area contributed by atoms with E-state index in [0.29, 0.717) is 30.1 Å². The molecule has 0 bridgehead atoms. The Kier molecular flexibility index (Phi) is 6.33. The van der Waals surface area contributed by atoms with Crippen molar-refractivity contribution >= 4 is 5.91 Å². The van der Waals surface area contributed by atoms with Crippen LogP contribution in [0, 0.1) is 5.82 Å². The summed E-state index contributed by atoms with van der Waals surface area (Å²) in [6.07, 6.45) is 4.01. The third kappa shape index (κ3) is 5.11. The number of aryl methyl sites for hydroxylation is 1. The Hall–Kier alpha value is -2.28. The van der Waals surface area contributed by atoms with Gasteiger partial charge in [0.25, 0.3) is 0 Å². The highest BCUT2D eigenvalue weighted by atomic mass is 19.1. The number of nitrogens with one attached hydrogen (secondary N) is 2. The Morgan fingerprint density at radius 2 is 2.04 bits per heavy atom. The van der Waals surface area contributed by atoms with Gasteiger partial charge in [0.05, 0.1) is 19.6 Å². The van der Waals surface area contributed by atoms with Crippen molar-refractivity contribution in [2.75, 3.05) is 19.6 Å². The van der Waals surface area contributed by atoms with Crippen LogP contribution >= 0.6 is 0 Å². The van der Waals surface area contributed by atoms with Crippen molar-refractivity contribution in [2.45, 2.75) is 45.1 Å². The van der Waals surface area contributed by atoms with Crippen molar-refractivity contribution in [2.24, 2.45) is 0 Å². The van der Waals surface area contributed by atoms with Gasteiger partial charge in [-0.1, -0.05) is 12.1 Å². The highest BCUT2D eigenvalue weighted by Crippen LogP contribution is 2.16. The second-order valence-corrected chi connectivity index (χ2v) is 6.86. The SMILES string of the molecule is CCC[NH+]1CCC(NC(=O)CCc2nc(-c3ccc(F)cc3)no2)CC1. The average Bonchev–Trinajstić information content (AvgIpc) is 3.11. The molecule has 0 atom stereocenters. The molecular formula is C19H26FN4O2+. The summed E-state index contributed by atoms with van der Waals surface area (Å²) in [6.45, 7) is 5.68. The number of rotatable bonds is 7. The smallest absolute Gasteiger partial charge is 0.227 e. The number of amides is 1. The third-order valence-electron chi connectivity index (χ3n) is 4.80. The van der Waals surface area contributed by atoms with E-state index in [1.54, 1.807) is 17.0 Å². The molecular weight excluding hydrogens is 335 g/mol. The summed E-state index contributed by atoms with van der Waals surface area (Å²) in [6, 6.07) is 6.19. The lowest BCUT2D eigenvalue weighted by atomic mass is 10.0. The summed E-state index contributed by atoms with van der Waals surface area (Å²) >= 11 is 0. The summed E-state index contributed by atoms with van der Waals surface area (Å²) in [5.74, 6) is 0.542. The van der Waals surface area contributed by atoms with Crippen LogP contribution in [0.4, 0.5) is 4.39 Å². The molecule has 1 aliphatic rings. The molecule has 7 heteroatoms. The molecule has 0 aliphatic carbocycles. The minimum absolute atomic E-state index is 0.0236. The van der Waals surface area contributed by atoms with Gasteiger partial charge in [0.2, 0.25) is 17.6 Å². The van der Waals surface area contributed by atoms with Gasteiger partial charge in [0.15, 0.2) is 0 Å². The molecule has 1 fully saturated rings. The number of halogens is 1. The Morgan fingerprint density at radius 1 is 1.31 bits per heavy atom. The van der Waals surface area contributed by atoms with Crippen molar-refractivity contribution in [1.82, 2.24) is 15.5 Å². The Bertz CT molecular complexity index is 709. The van der Waals surface area contributed by atoms with Crippen LogP contribution in [0.5, 0.6) is 0 Å². The first kappa shape index (κ1) is 18.5. The van der Waals surface area contributed by atoms with E-state index in [-0.39, 0.29) is 17.8 Å². The molecule has 3 rings (SSSR count). The number of benzene rings is 1. The predicted octanol–water partition coefficient (Wildman–Crippen LogP) is 1.38. The first-order chi connectivity index (χ1) is 12.6. The van der Waals surface area contributed by atoms with Gasteiger partial charge in [0, 0.05) is 37.3 Å². The largest absolute Gasteiger partial charge is 0.353 e. The lowest BCUT2D eigenvalue weighted by Crippen LogP contribution is -3.13. The predicted molar refractivity (Wildman–Crippen MR) is 95.0 cm³/mol. The lowest BCUT2D eigenvalue weighted by Gasteiger charge is -2.29. The van der Waals surface area contributed by atoms with Gasteiger partial charge in [-0.2, -0.15) is 4.98 Å². The fourth-order valence-electron chi connectivity index (χ4n) is 3.37. The molecule has 1 amide bonds. The van der Waals surface area contributed by atoms with Crippen molar-refractivity contribution in [3.05, 3.63) is 36.0 Å². The highest BCUT2D eigenvalue weighted by molar-refractivity contribution is 5.76. The number of carbonyl (C=O) groups excluding carboxylic acids is 1. The minimum atomic E-state index is -0.309. The molecule has 26 heavy (non-hydrogen) atoms. The maximum Gasteiger partial charge on any atom is 0.227 e. The molecule has 1 aliphatic heterocycles. The van der Waals surface area contributed by atoms with Gasteiger partial charge in [-0.05, 0) is 30.7 Å². The van der Waals surface area contributed by atoms with E-state index in [2.05, 4.69) is 22.4 Å². The second-order valence-electron chi connectivity index (χ2n) is 6.86. The number of likely N-dealkylation sites (tertiary alicyclic amines) is 1. The monoisotopic (exact) mass is 361 g/mol. The molecule has 0 radical (unpaired) electrons. The van der Waals surface area contributed by atoms with Crippen molar-refractivity contribution < 1.29 is 18.6 Å². The van der Waals surface area contributed by atoms with Gasteiger partial charge < -0.3 is 14.7 Å². The number of aromatic nitrogens is 2. The van der Waals surface area contributed by atoms with Gasteiger partial charge in [-0.25, -0.2) is 4.39 Å². The molecule has 2 N–H and O–H groups in total. The second kappa shape index (κ2) is 8.89. The van der Waals surface area contributed by atoms with E-state index >= 15 is 0 Å². The zero-order valence-corrected chi connectivity index (χ0v) is 15.1. The fraction of sp³-hybridized carbons (Fsp3) is 0.526. The van der Waals surface area contributed by atoms with Crippen LogP contribution in [-0.2, 0) is 11.2 Å². The molecule has 140 valence electrons. The van der Waals surface area contributed by atoms with Crippen molar-refractivity contribution in [3.8, 4) is 11.4 Å². The van der Waals surface area contributed by atoms with Crippen LogP contribution in [0.3, 0.4) is 0 Å². The van der Waals surface area contributed by atoms with Crippen LogP contribution in [0.25, 0.3) is 11.4 Å². The van der Waals surface area contributed by atoms with Gasteiger partial charge in [0.1, 0.15) is 5.82 Å². The first-order valence-corrected chi connectivity index (χ1v) is 9.35. The third-order valence-corrected chi connectivity index (χ3v) is 4.80. The molecule has 0 unspecified atom stereocenters. The van der Waals surface area contributed by atoms with Gasteiger partial charge >= 0.3 is 0 Å². The molecule has 2 heterocycles. The summed E-state index contributed by atoms with van der Waals surface area (Å²) in [4.78, 5) is 18.1. The molecule has 1 aromatic carbocycles. The number of hydrogen-bond donors (Lipinski definition) is 2. The topological polar surface area (TPSA) is 72.5 Å². The van der Waals surface area contributed by atoms with E-state index in [9.17, 15) is 9.18 Å². The molecule has 0 spiro atoms. The van der Waals surface area contributed by atoms with E-state index < -0.39 is 0 Å². The summed E-state index contributed by atoms with van der Waals surface area (Å²) < 4.78 is 18.2. The normalized spacial score (nSPS) is 20.1. The van der Waals surface area contributed by atoms with Crippen molar-refractivity contribution in [3.63, 3.8) is 0 Å². The maximum absolute atomic E-state index is 13.0. The van der Waals surface area contributed by atoms with Gasteiger partial charge in [-0.15, -0.1) is 0 Å². The van der Waals surface area contributed by atoms with E-state index in [1.807, 2.05) is 0 Å². The molecule has 2 aromatic rings. The number of nitrogens with zero attached hydrogens (tertiary/aromatic N) is 2. The van der Waals surface area contributed by atoms with Crippen LogP contribution in [-0.4, -0.2) is 41.7 Å². The summed E-state index contributed by atoms with van der Waals surface area (Å²) in [5, 5.41) is 7.01. The number of hydrogen-bond acceptors (Lipinski definition) is 4.